The average Bonchev–Trinajstić information content (AvgIpc) is 3.26. The van der Waals surface area contributed by atoms with Crippen LogP contribution in [0.25, 0.3) is 10.9 Å². The first kappa shape index (κ1) is 23.5. The topological polar surface area (TPSA) is 57.8 Å². The van der Waals surface area contributed by atoms with Crippen LogP contribution in [0.15, 0.2) is 42.5 Å². The molecule has 0 aliphatic carbocycles. The number of halogens is 1. The second kappa shape index (κ2) is 10.5. The van der Waals surface area contributed by atoms with E-state index in [1.807, 2.05) is 42.2 Å². The van der Waals surface area contributed by atoms with Gasteiger partial charge in [0.15, 0.2) is 11.5 Å². The van der Waals surface area contributed by atoms with E-state index >= 15 is 0 Å². The fourth-order valence-corrected chi connectivity index (χ4v) is 4.83. The lowest BCUT2D eigenvalue weighted by Crippen LogP contribution is -2.42. The summed E-state index contributed by atoms with van der Waals surface area (Å²) < 4.78 is 10.8. The Hall–Kier alpha value is -2.70. The predicted octanol–water partition coefficient (Wildman–Crippen LogP) is 5.21. The molecule has 0 radical (unpaired) electrons. The van der Waals surface area contributed by atoms with Gasteiger partial charge in [0.05, 0.1) is 14.2 Å². The van der Waals surface area contributed by atoms with Crippen molar-refractivity contribution in [1.29, 1.82) is 0 Å². The summed E-state index contributed by atoms with van der Waals surface area (Å²) in [4.78, 5) is 21.0. The van der Waals surface area contributed by atoms with Gasteiger partial charge in [-0.05, 0) is 62.1 Å². The summed E-state index contributed by atoms with van der Waals surface area (Å²) in [6, 6.07) is 13.7. The monoisotopic (exact) mass is 469 g/mol. The number of nitrogens with zero attached hydrogens (tertiary/aromatic N) is 2. The second-order valence-electron chi connectivity index (χ2n) is 8.69. The van der Waals surface area contributed by atoms with Crippen molar-refractivity contribution in [2.45, 2.75) is 26.3 Å². The van der Waals surface area contributed by atoms with E-state index < -0.39 is 0 Å². The van der Waals surface area contributed by atoms with Crippen LogP contribution in [0.4, 0.5) is 0 Å². The Morgan fingerprint density at radius 3 is 2.58 bits per heavy atom. The predicted molar refractivity (Wildman–Crippen MR) is 132 cm³/mol. The third-order valence-corrected chi connectivity index (χ3v) is 6.68. The maximum absolute atomic E-state index is 13.3. The molecule has 4 rings (SSSR count). The molecule has 1 aromatic heterocycles. The summed E-state index contributed by atoms with van der Waals surface area (Å²) in [5, 5.41) is 1.69. The maximum Gasteiger partial charge on any atom is 0.270 e. The zero-order valence-corrected chi connectivity index (χ0v) is 20.3. The van der Waals surface area contributed by atoms with Crippen molar-refractivity contribution in [3.05, 3.63) is 58.7 Å². The summed E-state index contributed by atoms with van der Waals surface area (Å²) in [5.74, 6) is 1.78. The lowest BCUT2D eigenvalue weighted by atomic mass is 9.96. The highest BCUT2D eigenvalue weighted by Gasteiger charge is 2.25. The molecule has 33 heavy (non-hydrogen) atoms. The van der Waals surface area contributed by atoms with E-state index in [-0.39, 0.29) is 5.91 Å². The van der Waals surface area contributed by atoms with E-state index in [2.05, 4.69) is 22.0 Å². The number of piperidine rings is 1. The summed E-state index contributed by atoms with van der Waals surface area (Å²) >= 11 is 6.02. The highest BCUT2D eigenvalue weighted by Crippen LogP contribution is 2.32. The van der Waals surface area contributed by atoms with Gasteiger partial charge in [-0.2, -0.15) is 0 Å². The molecule has 1 aliphatic rings. The van der Waals surface area contributed by atoms with E-state index in [0.717, 1.165) is 54.9 Å². The molecule has 1 fully saturated rings. The number of hydrogen-bond donors (Lipinski definition) is 1. The molecule has 1 amide bonds. The number of methoxy groups -OCH3 is 2. The van der Waals surface area contributed by atoms with E-state index in [0.29, 0.717) is 29.7 Å². The zero-order chi connectivity index (χ0) is 23.4. The number of carbonyl (C=O) groups is 1. The summed E-state index contributed by atoms with van der Waals surface area (Å²) in [6.07, 6.45) is 2.29. The third kappa shape index (κ3) is 5.45. The molecular formula is C26H32ClN3O3. The first-order valence-electron chi connectivity index (χ1n) is 11.5. The highest BCUT2D eigenvalue weighted by molar-refractivity contribution is 6.30. The van der Waals surface area contributed by atoms with Crippen molar-refractivity contribution in [2.24, 2.45) is 5.92 Å². The molecule has 7 heteroatoms. The Morgan fingerprint density at radius 1 is 1.15 bits per heavy atom. The number of hydrogen-bond acceptors (Lipinski definition) is 4. The minimum atomic E-state index is 0.0291. The largest absolute Gasteiger partial charge is 0.493 e. The minimum absolute atomic E-state index is 0.0291. The fourth-order valence-electron chi connectivity index (χ4n) is 4.70. The van der Waals surface area contributed by atoms with Crippen LogP contribution >= 0.6 is 11.6 Å². The quantitative estimate of drug-likeness (QED) is 0.491. The van der Waals surface area contributed by atoms with E-state index in [1.54, 1.807) is 14.2 Å². The lowest BCUT2D eigenvalue weighted by Gasteiger charge is -2.35. The molecule has 1 atom stereocenters. The van der Waals surface area contributed by atoms with Crippen molar-refractivity contribution in [1.82, 2.24) is 14.8 Å². The van der Waals surface area contributed by atoms with Gasteiger partial charge in [-0.15, -0.1) is 0 Å². The second-order valence-corrected chi connectivity index (χ2v) is 9.13. The SMILES string of the molecule is CCN(CC1CCCN(Cc2ccc(Cl)cc2)C1)C(=O)c1cc2cc(OC)c(OC)cc2[nH]1. The fraction of sp³-hybridized carbons (Fsp3) is 0.423. The maximum atomic E-state index is 13.3. The van der Waals surface area contributed by atoms with E-state index in [4.69, 9.17) is 21.1 Å². The van der Waals surface area contributed by atoms with Crippen molar-refractivity contribution in [2.75, 3.05) is 40.4 Å². The number of nitrogens with one attached hydrogen (secondary N) is 1. The molecule has 0 saturated carbocycles. The van der Waals surface area contributed by atoms with Gasteiger partial charge >= 0.3 is 0 Å². The number of likely N-dealkylation sites (tertiary alicyclic amines) is 1. The third-order valence-electron chi connectivity index (χ3n) is 6.43. The molecule has 3 aromatic rings. The minimum Gasteiger partial charge on any atom is -0.493 e. The Labute approximate surface area is 200 Å². The van der Waals surface area contributed by atoms with Crippen molar-refractivity contribution < 1.29 is 14.3 Å². The van der Waals surface area contributed by atoms with Crippen LogP contribution in [0.1, 0.15) is 35.8 Å². The van der Waals surface area contributed by atoms with E-state index in [1.165, 1.54) is 5.56 Å². The number of carbonyl (C=O) groups excluding carboxylic acids is 1. The van der Waals surface area contributed by atoms with Crippen LogP contribution in [-0.4, -0.2) is 61.1 Å². The smallest absolute Gasteiger partial charge is 0.270 e. The van der Waals surface area contributed by atoms with E-state index in [9.17, 15) is 4.79 Å². The number of aromatic amines is 1. The average molecular weight is 470 g/mol. The molecular weight excluding hydrogens is 438 g/mol. The Bertz CT molecular complexity index is 1060. The van der Waals surface area contributed by atoms with Crippen LogP contribution in [0, 0.1) is 5.92 Å². The number of aromatic nitrogens is 1. The molecule has 2 aromatic carbocycles. The van der Waals surface area contributed by atoms with Crippen molar-refractivity contribution in [3.8, 4) is 11.5 Å². The standard InChI is InChI=1S/C26H32ClN3O3/c1-4-30(17-19-6-5-11-29(16-19)15-18-7-9-21(27)10-8-18)26(31)23-12-20-13-24(32-2)25(33-3)14-22(20)28-23/h7-10,12-14,19,28H,4-6,11,15-17H2,1-3H3. The van der Waals surface area contributed by atoms with Gasteiger partial charge in [-0.1, -0.05) is 23.7 Å². The summed E-state index contributed by atoms with van der Waals surface area (Å²) in [6.45, 7) is 6.47. The van der Waals surface area contributed by atoms with Crippen LogP contribution in [0.2, 0.25) is 5.02 Å². The van der Waals surface area contributed by atoms with Gasteiger partial charge in [0.1, 0.15) is 5.69 Å². The first-order chi connectivity index (χ1) is 16.0. The van der Waals surface area contributed by atoms with Crippen LogP contribution in [0.3, 0.4) is 0 Å². The Balaban J connectivity index is 1.43. The van der Waals surface area contributed by atoms with Crippen molar-refractivity contribution in [3.63, 3.8) is 0 Å². The Kier molecular flexibility index (Phi) is 7.46. The molecule has 176 valence electrons. The van der Waals surface area contributed by atoms with Gasteiger partial charge in [-0.3, -0.25) is 9.69 Å². The normalized spacial score (nSPS) is 16.7. The lowest BCUT2D eigenvalue weighted by molar-refractivity contribution is 0.0680. The van der Waals surface area contributed by atoms with Gasteiger partial charge in [0.2, 0.25) is 0 Å². The molecule has 2 heterocycles. The molecule has 6 nitrogen and oxygen atoms in total. The molecule has 0 spiro atoms. The molecule has 1 aliphatic heterocycles. The summed E-state index contributed by atoms with van der Waals surface area (Å²) in [5.41, 5.74) is 2.72. The van der Waals surface area contributed by atoms with Crippen LogP contribution in [0.5, 0.6) is 11.5 Å². The first-order valence-corrected chi connectivity index (χ1v) is 11.9. The van der Waals surface area contributed by atoms with Gasteiger partial charge in [0.25, 0.3) is 5.91 Å². The van der Waals surface area contributed by atoms with Crippen molar-refractivity contribution >= 4 is 28.4 Å². The van der Waals surface area contributed by atoms with Crippen LogP contribution in [-0.2, 0) is 6.54 Å². The molecule has 1 unspecified atom stereocenters. The molecule has 1 N–H and O–H groups in total. The highest BCUT2D eigenvalue weighted by atomic mass is 35.5. The Morgan fingerprint density at radius 2 is 1.88 bits per heavy atom. The van der Waals surface area contributed by atoms with Gasteiger partial charge in [-0.25, -0.2) is 0 Å². The van der Waals surface area contributed by atoms with Crippen LogP contribution < -0.4 is 9.47 Å². The van der Waals surface area contributed by atoms with Gasteiger partial charge < -0.3 is 19.4 Å². The number of rotatable bonds is 8. The molecule has 0 bridgehead atoms. The van der Waals surface area contributed by atoms with Gasteiger partial charge in [0, 0.05) is 48.2 Å². The number of ether oxygens (including phenoxy) is 2. The number of benzene rings is 2. The zero-order valence-electron chi connectivity index (χ0n) is 19.6. The number of H-pyrrole nitrogens is 1. The number of amides is 1. The summed E-state index contributed by atoms with van der Waals surface area (Å²) in [7, 11) is 3.22. The molecule has 1 saturated heterocycles. The number of fused-ring (bicyclic) bond motifs is 1.